The highest BCUT2D eigenvalue weighted by molar-refractivity contribution is 6.30. The van der Waals surface area contributed by atoms with Crippen molar-refractivity contribution in [3.63, 3.8) is 0 Å². The molecule has 0 spiro atoms. The molecule has 0 unspecified atom stereocenters. The first-order valence-corrected chi connectivity index (χ1v) is 7.56. The van der Waals surface area contributed by atoms with Crippen LogP contribution in [0.3, 0.4) is 0 Å². The molecule has 2 aromatic carbocycles. The number of nitro benzene ring substituents is 1. The summed E-state index contributed by atoms with van der Waals surface area (Å²) in [5, 5.41) is 28.4. The van der Waals surface area contributed by atoms with Crippen molar-refractivity contribution < 1.29 is 19.6 Å². The van der Waals surface area contributed by atoms with Gasteiger partial charge in [-0.3, -0.25) is 19.7 Å². The normalized spacial score (nSPS) is 10.5. The summed E-state index contributed by atoms with van der Waals surface area (Å²) in [4.78, 5) is 33.4. The van der Waals surface area contributed by atoms with Gasteiger partial charge in [0.15, 0.2) is 0 Å². The first-order chi connectivity index (χ1) is 12.4. The zero-order valence-electron chi connectivity index (χ0n) is 13.1. The van der Waals surface area contributed by atoms with Gasteiger partial charge in [0.25, 0.3) is 17.5 Å². The molecular weight excluding hydrogens is 364 g/mol. The molecule has 9 nitrogen and oxygen atoms in total. The van der Waals surface area contributed by atoms with Crippen LogP contribution in [0.4, 0.5) is 5.69 Å². The van der Waals surface area contributed by atoms with Crippen LogP contribution >= 0.6 is 11.6 Å². The number of hydrogen-bond acceptors (Lipinski definition) is 6. The molecule has 0 aliphatic carbocycles. The number of hydrogen-bond donors (Lipinski definition) is 2. The van der Waals surface area contributed by atoms with Gasteiger partial charge in [-0.25, -0.2) is 5.43 Å². The van der Waals surface area contributed by atoms with E-state index in [1.807, 2.05) is 0 Å². The number of nitrogens with zero attached hydrogens (tertiary/aromatic N) is 2. The first kappa shape index (κ1) is 18.9. The lowest BCUT2D eigenvalue weighted by Gasteiger charge is -2.06. The molecule has 0 aliphatic heterocycles. The Kier molecular flexibility index (Phi) is 6.23. The highest BCUT2D eigenvalue weighted by Gasteiger charge is 2.09. The van der Waals surface area contributed by atoms with E-state index in [-0.39, 0.29) is 12.1 Å². The smallest absolute Gasteiger partial charge is 0.262 e. The lowest BCUT2D eigenvalue weighted by Crippen LogP contribution is -2.34. The maximum absolute atomic E-state index is 11.8. The van der Waals surface area contributed by atoms with Crippen molar-refractivity contribution in [1.29, 1.82) is 0 Å². The quantitative estimate of drug-likeness (QED) is 0.444. The predicted molar refractivity (Wildman–Crippen MR) is 92.1 cm³/mol. The summed E-state index contributed by atoms with van der Waals surface area (Å²) in [6, 6.07) is 9.62. The van der Waals surface area contributed by atoms with Gasteiger partial charge in [0.05, 0.1) is 17.7 Å². The minimum Gasteiger partial charge on any atom is -0.868 e. The second-order valence-electron chi connectivity index (χ2n) is 4.97. The molecule has 0 aliphatic rings. The van der Waals surface area contributed by atoms with E-state index in [2.05, 4.69) is 15.8 Å². The molecule has 0 fully saturated rings. The fourth-order valence-corrected chi connectivity index (χ4v) is 2.06. The van der Waals surface area contributed by atoms with Gasteiger partial charge < -0.3 is 10.4 Å². The molecule has 2 aromatic rings. The Bertz CT molecular complexity index is 885. The summed E-state index contributed by atoms with van der Waals surface area (Å²) in [5.41, 5.74) is 2.13. The molecule has 0 saturated heterocycles. The minimum absolute atomic E-state index is 0.263. The third-order valence-corrected chi connectivity index (χ3v) is 3.31. The monoisotopic (exact) mass is 375 g/mol. The Morgan fingerprint density at radius 3 is 2.69 bits per heavy atom. The van der Waals surface area contributed by atoms with Gasteiger partial charge in [0, 0.05) is 22.2 Å². The molecule has 0 saturated carbocycles. The summed E-state index contributed by atoms with van der Waals surface area (Å²) in [7, 11) is 0. The van der Waals surface area contributed by atoms with Crippen LogP contribution < -0.4 is 15.8 Å². The summed E-state index contributed by atoms with van der Waals surface area (Å²) in [6.45, 7) is -0.331. The number of nitro groups is 1. The van der Waals surface area contributed by atoms with Gasteiger partial charge in [0.2, 0.25) is 0 Å². The van der Waals surface area contributed by atoms with Gasteiger partial charge >= 0.3 is 0 Å². The van der Waals surface area contributed by atoms with E-state index in [1.165, 1.54) is 12.1 Å². The summed E-state index contributed by atoms with van der Waals surface area (Å²) >= 11 is 5.78. The van der Waals surface area contributed by atoms with Crippen LogP contribution in [-0.2, 0) is 4.79 Å². The molecule has 0 bridgehead atoms. The minimum atomic E-state index is -0.802. The van der Waals surface area contributed by atoms with Gasteiger partial charge in [-0.1, -0.05) is 29.8 Å². The second kappa shape index (κ2) is 8.58. The van der Waals surface area contributed by atoms with Crippen molar-refractivity contribution in [1.82, 2.24) is 10.7 Å². The number of nitrogens with one attached hydrogen (secondary N) is 2. The average molecular weight is 376 g/mol. The van der Waals surface area contributed by atoms with Crippen molar-refractivity contribution in [3.05, 3.63) is 68.7 Å². The molecule has 26 heavy (non-hydrogen) atoms. The molecule has 2 amide bonds. The molecule has 2 rings (SSSR count). The number of halogens is 1. The van der Waals surface area contributed by atoms with E-state index in [4.69, 9.17) is 11.6 Å². The second-order valence-corrected chi connectivity index (χ2v) is 5.41. The number of benzene rings is 2. The average Bonchev–Trinajstić information content (AvgIpc) is 2.60. The Hall–Kier alpha value is -3.46. The van der Waals surface area contributed by atoms with E-state index >= 15 is 0 Å². The maximum atomic E-state index is 11.8. The fraction of sp³-hybridized carbons (Fsp3) is 0.0625. The van der Waals surface area contributed by atoms with Crippen LogP contribution in [0.5, 0.6) is 5.75 Å². The van der Waals surface area contributed by atoms with E-state index in [0.29, 0.717) is 10.6 Å². The SMILES string of the molecule is O=C(CNC(=O)c1cccc(Cl)c1)N/N=C\c1ccc([O-])c([N+](=O)[O-])c1. The van der Waals surface area contributed by atoms with Crippen molar-refractivity contribution in [3.8, 4) is 5.75 Å². The Balaban J connectivity index is 1.87. The summed E-state index contributed by atoms with van der Waals surface area (Å²) < 4.78 is 0. The molecular formula is C16H12ClN4O5-. The zero-order valence-corrected chi connectivity index (χ0v) is 13.9. The van der Waals surface area contributed by atoms with Gasteiger partial charge in [-0.05, 0) is 23.9 Å². The fourth-order valence-electron chi connectivity index (χ4n) is 1.87. The standard InChI is InChI=1S/C16H13ClN4O5/c17-12-3-1-2-11(7-12)16(24)18-9-15(23)20-19-8-10-4-5-14(22)13(6-10)21(25)26/h1-8,22H,9H2,(H,18,24)(H,20,23)/p-1/b19-8-. The molecule has 10 heteroatoms. The number of carbonyl (C=O) groups excluding carboxylic acids is 2. The van der Waals surface area contributed by atoms with Crippen LogP contribution in [0.25, 0.3) is 0 Å². The number of rotatable bonds is 6. The summed E-state index contributed by atoms with van der Waals surface area (Å²) in [5.74, 6) is -1.81. The lowest BCUT2D eigenvalue weighted by molar-refractivity contribution is -0.398. The largest absolute Gasteiger partial charge is 0.868 e. The third-order valence-electron chi connectivity index (χ3n) is 3.08. The Labute approximate surface area is 152 Å². The summed E-state index contributed by atoms with van der Waals surface area (Å²) in [6.07, 6.45) is 1.14. The first-order valence-electron chi connectivity index (χ1n) is 7.18. The topological polar surface area (TPSA) is 137 Å². The van der Waals surface area contributed by atoms with Crippen molar-refractivity contribution >= 4 is 35.3 Å². The van der Waals surface area contributed by atoms with E-state index in [0.717, 1.165) is 18.3 Å². The Morgan fingerprint density at radius 1 is 1.23 bits per heavy atom. The van der Waals surface area contributed by atoms with Gasteiger partial charge in [-0.15, -0.1) is 0 Å². The van der Waals surface area contributed by atoms with Crippen LogP contribution in [0.2, 0.25) is 5.02 Å². The highest BCUT2D eigenvalue weighted by Crippen LogP contribution is 2.22. The van der Waals surface area contributed by atoms with Gasteiger partial charge in [0.1, 0.15) is 0 Å². The molecule has 2 N–H and O–H groups in total. The van der Waals surface area contributed by atoms with Crippen molar-refractivity contribution in [2.45, 2.75) is 0 Å². The van der Waals surface area contributed by atoms with Crippen LogP contribution in [0.15, 0.2) is 47.6 Å². The predicted octanol–water partition coefficient (Wildman–Crippen LogP) is 1.20. The third kappa shape index (κ3) is 5.28. The van der Waals surface area contributed by atoms with Crippen molar-refractivity contribution in [2.75, 3.05) is 6.54 Å². The van der Waals surface area contributed by atoms with E-state index < -0.39 is 28.2 Å². The van der Waals surface area contributed by atoms with Crippen molar-refractivity contribution in [2.24, 2.45) is 5.10 Å². The van der Waals surface area contributed by atoms with Crippen LogP contribution in [0, 0.1) is 10.1 Å². The maximum Gasteiger partial charge on any atom is 0.262 e. The molecule has 0 atom stereocenters. The Morgan fingerprint density at radius 2 is 2.00 bits per heavy atom. The number of hydrazone groups is 1. The van der Waals surface area contributed by atoms with E-state index in [1.54, 1.807) is 18.2 Å². The molecule has 0 radical (unpaired) electrons. The molecule has 0 aromatic heterocycles. The molecule has 134 valence electrons. The van der Waals surface area contributed by atoms with Crippen LogP contribution in [0.1, 0.15) is 15.9 Å². The van der Waals surface area contributed by atoms with Gasteiger partial charge in [-0.2, -0.15) is 5.10 Å². The van der Waals surface area contributed by atoms with E-state index in [9.17, 15) is 24.8 Å². The zero-order chi connectivity index (χ0) is 19.1. The van der Waals surface area contributed by atoms with Crippen LogP contribution in [-0.4, -0.2) is 29.5 Å². The number of amides is 2. The lowest BCUT2D eigenvalue weighted by atomic mass is 10.2. The molecule has 0 heterocycles. The highest BCUT2D eigenvalue weighted by atomic mass is 35.5. The number of carbonyl (C=O) groups is 2.